The predicted octanol–water partition coefficient (Wildman–Crippen LogP) is 1.56. The molecule has 0 saturated heterocycles. The molecule has 12 heavy (non-hydrogen) atoms. The minimum atomic E-state index is -0.346. The van der Waals surface area contributed by atoms with Gasteiger partial charge < -0.3 is 4.98 Å². The van der Waals surface area contributed by atoms with Crippen LogP contribution in [0.1, 0.15) is 0 Å². The monoisotopic (exact) mass is 203 g/mol. The van der Waals surface area contributed by atoms with Crippen molar-refractivity contribution >= 4 is 34.4 Å². The van der Waals surface area contributed by atoms with E-state index >= 15 is 0 Å². The molecule has 2 aromatic rings. The third-order valence-corrected chi connectivity index (χ3v) is 1.90. The second kappa shape index (κ2) is 2.50. The highest BCUT2D eigenvalue weighted by Crippen LogP contribution is 2.20. The van der Waals surface area contributed by atoms with Gasteiger partial charge in [-0.15, -0.1) is 0 Å². The fourth-order valence-corrected chi connectivity index (χ4v) is 1.44. The largest absolute Gasteiger partial charge is 0.325 e. The molecule has 0 amide bonds. The Kier molecular flexibility index (Phi) is 1.59. The van der Waals surface area contributed by atoms with Gasteiger partial charge in [0.15, 0.2) is 5.65 Å². The second-order valence-corrected chi connectivity index (χ2v) is 3.02. The normalized spacial score (nSPS) is 10.8. The minimum Gasteiger partial charge on any atom is -0.303 e. The van der Waals surface area contributed by atoms with Gasteiger partial charge in [0.2, 0.25) is 0 Å². The molecule has 0 aliphatic rings. The Bertz CT molecular complexity index is 487. The summed E-state index contributed by atoms with van der Waals surface area (Å²) in [5.41, 5.74) is 0.505. The quantitative estimate of drug-likeness (QED) is 0.639. The van der Waals surface area contributed by atoms with E-state index in [1.807, 2.05) is 0 Å². The number of imidazole rings is 1. The Labute approximate surface area is 76.5 Å². The van der Waals surface area contributed by atoms with E-state index in [1.54, 1.807) is 0 Å². The summed E-state index contributed by atoms with van der Waals surface area (Å²) in [6.45, 7) is 0. The van der Waals surface area contributed by atoms with Crippen LogP contribution in [0.25, 0.3) is 11.2 Å². The molecule has 0 atom stereocenters. The summed E-state index contributed by atoms with van der Waals surface area (Å²) in [6, 6.07) is 1.47. The molecule has 0 unspecified atom stereocenters. The Morgan fingerprint density at radius 3 is 2.83 bits per heavy atom. The number of H-pyrrole nitrogens is 2. The van der Waals surface area contributed by atoms with E-state index in [9.17, 15) is 4.79 Å². The zero-order valence-electron chi connectivity index (χ0n) is 5.69. The zero-order chi connectivity index (χ0) is 8.72. The average Bonchev–Trinajstić information content (AvgIpc) is 2.29. The summed E-state index contributed by atoms with van der Waals surface area (Å²) in [5, 5.41) is 0.631. The van der Waals surface area contributed by atoms with Crippen molar-refractivity contribution in [3.63, 3.8) is 0 Å². The van der Waals surface area contributed by atoms with Crippen molar-refractivity contribution in [2.24, 2.45) is 0 Å². The molecule has 0 bridgehead atoms. The van der Waals surface area contributed by atoms with Crippen LogP contribution in [0.3, 0.4) is 0 Å². The molecule has 2 N–H and O–H groups in total. The number of aromatic amines is 2. The molecule has 0 aromatic carbocycles. The van der Waals surface area contributed by atoms with Gasteiger partial charge >= 0.3 is 5.69 Å². The van der Waals surface area contributed by atoms with Gasteiger partial charge in [-0.1, -0.05) is 23.2 Å². The van der Waals surface area contributed by atoms with Crippen LogP contribution in [0.5, 0.6) is 0 Å². The summed E-state index contributed by atoms with van der Waals surface area (Å²) in [7, 11) is 0. The van der Waals surface area contributed by atoms with Crippen molar-refractivity contribution in [1.82, 2.24) is 15.0 Å². The second-order valence-electron chi connectivity index (χ2n) is 2.23. The maximum atomic E-state index is 10.8. The molecule has 6 heteroatoms. The van der Waals surface area contributed by atoms with E-state index < -0.39 is 0 Å². The molecule has 4 nitrogen and oxygen atoms in total. The minimum absolute atomic E-state index is 0.253. The summed E-state index contributed by atoms with van der Waals surface area (Å²) in [4.78, 5) is 19.6. The Morgan fingerprint density at radius 1 is 1.33 bits per heavy atom. The first-order valence-electron chi connectivity index (χ1n) is 3.11. The van der Waals surface area contributed by atoms with Crippen molar-refractivity contribution in [2.45, 2.75) is 0 Å². The molecular weight excluding hydrogens is 201 g/mol. The third-order valence-electron chi connectivity index (χ3n) is 1.41. The molecule has 2 heterocycles. The Balaban J connectivity index is 2.97. The number of hydrogen-bond acceptors (Lipinski definition) is 2. The highest BCUT2D eigenvalue weighted by atomic mass is 35.5. The number of hydrogen-bond donors (Lipinski definition) is 2. The van der Waals surface area contributed by atoms with Gasteiger partial charge in [-0.2, -0.15) is 0 Å². The average molecular weight is 204 g/mol. The van der Waals surface area contributed by atoms with Crippen LogP contribution in [0.4, 0.5) is 0 Å². The number of halogens is 2. The van der Waals surface area contributed by atoms with Crippen LogP contribution in [0, 0.1) is 0 Å². The smallest absolute Gasteiger partial charge is 0.303 e. The predicted molar refractivity (Wildman–Crippen MR) is 46.7 cm³/mol. The molecule has 0 aliphatic carbocycles. The van der Waals surface area contributed by atoms with Gasteiger partial charge in [-0.25, -0.2) is 9.78 Å². The van der Waals surface area contributed by atoms with Gasteiger partial charge in [0, 0.05) is 0 Å². The number of nitrogens with zero attached hydrogens (tertiary/aromatic N) is 1. The molecule has 0 aliphatic heterocycles. The summed E-state index contributed by atoms with van der Waals surface area (Å²) >= 11 is 11.4. The first-order valence-corrected chi connectivity index (χ1v) is 3.86. The van der Waals surface area contributed by atoms with Gasteiger partial charge in [0.25, 0.3) is 0 Å². The topological polar surface area (TPSA) is 61.5 Å². The first kappa shape index (κ1) is 7.64. The Morgan fingerprint density at radius 2 is 2.08 bits per heavy atom. The highest BCUT2D eigenvalue weighted by Gasteiger charge is 2.05. The van der Waals surface area contributed by atoms with E-state index in [0.717, 1.165) is 0 Å². The third kappa shape index (κ3) is 1.09. The van der Waals surface area contributed by atoms with E-state index in [4.69, 9.17) is 23.2 Å². The lowest BCUT2D eigenvalue weighted by Crippen LogP contribution is -1.99. The SMILES string of the molecule is O=c1[nH]c2nc(Cl)cc(Cl)c2[nH]1. The van der Waals surface area contributed by atoms with Crippen molar-refractivity contribution < 1.29 is 0 Å². The molecule has 62 valence electrons. The van der Waals surface area contributed by atoms with Crippen LogP contribution in [-0.4, -0.2) is 15.0 Å². The zero-order valence-corrected chi connectivity index (χ0v) is 7.20. The lowest BCUT2D eigenvalue weighted by atomic mass is 10.4. The highest BCUT2D eigenvalue weighted by molar-refractivity contribution is 6.37. The van der Waals surface area contributed by atoms with E-state index in [2.05, 4.69) is 15.0 Å². The van der Waals surface area contributed by atoms with Crippen LogP contribution in [-0.2, 0) is 0 Å². The van der Waals surface area contributed by atoms with Crippen LogP contribution < -0.4 is 5.69 Å². The summed E-state index contributed by atoms with van der Waals surface area (Å²) in [5.74, 6) is 0. The van der Waals surface area contributed by atoms with Gasteiger partial charge in [-0.05, 0) is 6.07 Å². The van der Waals surface area contributed by atoms with E-state index in [0.29, 0.717) is 16.2 Å². The van der Waals surface area contributed by atoms with Gasteiger partial charge in [0.05, 0.1) is 5.02 Å². The van der Waals surface area contributed by atoms with Crippen molar-refractivity contribution in [1.29, 1.82) is 0 Å². The van der Waals surface area contributed by atoms with E-state index in [-0.39, 0.29) is 10.8 Å². The fraction of sp³-hybridized carbons (Fsp3) is 0. The van der Waals surface area contributed by atoms with Crippen molar-refractivity contribution in [3.8, 4) is 0 Å². The Hall–Kier alpha value is -1.00. The van der Waals surface area contributed by atoms with Gasteiger partial charge in [0.1, 0.15) is 10.7 Å². The summed E-state index contributed by atoms with van der Waals surface area (Å²) in [6.07, 6.45) is 0. The lowest BCUT2D eigenvalue weighted by Gasteiger charge is -1.92. The van der Waals surface area contributed by atoms with Crippen LogP contribution in [0.15, 0.2) is 10.9 Å². The van der Waals surface area contributed by atoms with Gasteiger partial charge in [-0.3, -0.25) is 4.98 Å². The molecule has 2 rings (SSSR count). The lowest BCUT2D eigenvalue weighted by molar-refractivity contribution is 1.20. The number of fused-ring (bicyclic) bond motifs is 1. The number of pyridine rings is 1. The molecule has 2 aromatic heterocycles. The molecular formula is C6H3Cl2N3O. The summed E-state index contributed by atoms with van der Waals surface area (Å²) < 4.78 is 0. The van der Waals surface area contributed by atoms with E-state index in [1.165, 1.54) is 6.07 Å². The maximum Gasteiger partial charge on any atom is 0.325 e. The molecule has 0 saturated carbocycles. The number of nitrogens with one attached hydrogen (secondary N) is 2. The van der Waals surface area contributed by atoms with Crippen LogP contribution >= 0.6 is 23.2 Å². The van der Waals surface area contributed by atoms with Crippen molar-refractivity contribution in [2.75, 3.05) is 0 Å². The van der Waals surface area contributed by atoms with Crippen molar-refractivity contribution in [3.05, 3.63) is 26.7 Å². The maximum absolute atomic E-state index is 10.8. The standard InChI is InChI=1S/C6H3Cl2N3O/c7-2-1-3(8)9-5-4(2)10-6(12)11-5/h1H,(H2,9,10,11,12). The molecule has 0 radical (unpaired) electrons. The first-order chi connectivity index (χ1) is 5.66. The number of aromatic nitrogens is 3. The molecule has 0 spiro atoms. The fourth-order valence-electron chi connectivity index (χ4n) is 0.947. The van der Waals surface area contributed by atoms with Crippen LogP contribution in [0.2, 0.25) is 10.2 Å². The molecule has 0 fully saturated rings. The number of rotatable bonds is 0.